The van der Waals surface area contributed by atoms with E-state index >= 15 is 0 Å². The zero-order valence-corrected chi connectivity index (χ0v) is 16.3. The number of ether oxygens (including phenoxy) is 1. The smallest absolute Gasteiger partial charge is 0.314 e. The summed E-state index contributed by atoms with van der Waals surface area (Å²) in [5.74, 6) is -0.104. The van der Waals surface area contributed by atoms with Crippen molar-refractivity contribution in [2.24, 2.45) is 0 Å². The highest BCUT2D eigenvalue weighted by Crippen LogP contribution is 2.07. The molecule has 0 bridgehead atoms. The van der Waals surface area contributed by atoms with Crippen LogP contribution in [0.25, 0.3) is 0 Å². The van der Waals surface area contributed by atoms with Crippen LogP contribution in [-0.2, 0) is 9.53 Å². The second-order valence-corrected chi connectivity index (χ2v) is 6.39. The van der Waals surface area contributed by atoms with E-state index in [9.17, 15) is 9.59 Å². The molecule has 5 heteroatoms. The zero-order valence-electron chi connectivity index (χ0n) is 16.3. The molecule has 0 saturated carbocycles. The maximum Gasteiger partial charge on any atom is 0.314 e. The molecular formula is C20H38N2O3. The SMILES string of the molecule is CCCCNC(=O)NCCCCC/C=C\CCCCCCC(=O)OC. The Morgan fingerprint density at radius 1 is 0.800 bits per heavy atom. The molecule has 2 N–H and O–H groups in total. The maximum atomic E-state index is 11.4. The molecule has 0 aromatic carbocycles. The highest BCUT2D eigenvalue weighted by molar-refractivity contribution is 5.73. The van der Waals surface area contributed by atoms with Crippen LogP contribution in [-0.4, -0.2) is 32.2 Å². The molecule has 0 aliphatic carbocycles. The van der Waals surface area contributed by atoms with Crippen LogP contribution in [0.1, 0.15) is 84.0 Å². The van der Waals surface area contributed by atoms with Crippen molar-refractivity contribution in [1.82, 2.24) is 10.6 Å². The van der Waals surface area contributed by atoms with E-state index in [1.165, 1.54) is 26.4 Å². The van der Waals surface area contributed by atoms with Crippen LogP contribution >= 0.6 is 0 Å². The van der Waals surface area contributed by atoms with Gasteiger partial charge in [-0.3, -0.25) is 4.79 Å². The Kier molecular flexibility index (Phi) is 17.7. The van der Waals surface area contributed by atoms with Gasteiger partial charge in [-0.1, -0.05) is 44.8 Å². The fraction of sp³-hybridized carbons (Fsp3) is 0.800. The average Bonchev–Trinajstić information content (AvgIpc) is 2.61. The largest absolute Gasteiger partial charge is 0.469 e. The predicted octanol–water partition coefficient (Wildman–Crippen LogP) is 4.72. The normalized spacial score (nSPS) is 10.8. The third-order valence-electron chi connectivity index (χ3n) is 4.05. The number of carbonyl (C=O) groups excluding carboxylic acids is 2. The summed E-state index contributed by atoms with van der Waals surface area (Å²) in [6.45, 7) is 3.63. The van der Waals surface area contributed by atoms with E-state index in [1.807, 2.05) is 0 Å². The first-order valence-electron chi connectivity index (χ1n) is 9.94. The van der Waals surface area contributed by atoms with Crippen molar-refractivity contribution in [2.45, 2.75) is 84.0 Å². The van der Waals surface area contributed by atoms with Crippen LogP contribution in [0.2, 0.25) is 0 Å². The summed E-state index contributed by atoms with van der Waals surface area (Å²) >= 11 is 0. The number of hydrogen-bond acceptors (Lipinski definition) is 3. The lowest BCUT2D eigenvalue weighted by atomic mass is 10.1. The Balaban J connectivity index is 3.22. The Labute approximate surface area is 154 Å². The number of esters is 1. The fourth-order valence-electron chi connectivity index (χ4n) is 2.43. The first-order chi connectivity index (χ1) is 12.2. The van der Waals surface area contributed by atoms with Crippen molar-refractivity contribution in [2.75, 3.05) is 20.2 Å². The van der Waals surface area contributed by atoms with Gasteiger partial charge < -0.3 is 15.4 Å². The first-order valence-corrected chi connectivity index (χ1v) is 9.94. The van der Waals surface area contributed by atoms with Crippen LogP contribution in [0.15, 0.2) is 12.2 Å². The molecule has 0 unspecified atom stereocenters. The first kappa shape index (κ1) is 23.5. The molecule has 2 amide bonds. The number of rotatable bonds is 16. The van der Waals surface area contributed by atoms with Crippen molar-refractivity contribution >= 4 is 12.0 Å². The second-order valence-electron chi connectivity index (χ2n) is 6.39. The van der Waals surface area contributed by atoms with E-state index < -0.39 is 0 Å². The van der Waals surface area contributed by atoms with Gasteiger partial charge >= 0.3 is 12.0 Å². The molecule has 0 atom stereocenters. The Morgan fingerprint density at radius 3 is 1.96 bits per heavy atom. The van der Waals surface area contributed by atoms with Gasteiger partial charge in [-0.25, -0.2) is 4.79 Å². The van der Waals surface area contributed by atoms with E-state index in [0.717, 1.165) is 64.5 Å². The average molecular weight is 355 g/mol. The minimum atomic E-state index is -0.104. The molecule has 0 rings (SSSR count). The topological polar surface area (TPSA) is 67.4 Å². The summed E-state index contributed by atoms with van der Waals surface area (Å²) in [4.78, 5) is 22.4. The standard InChI is InChI=1S/C20H38N2O3/c1-3-4-17-21-20(24)22-18-15-13-11-9-7-5-6-8-10-12-14-16-19(23)25-2/h5,7H,3-4,6,8-18H2,1-2H3,(H2,21,22,24)/b7-5-. The third kappa shape index (κ3) is 18.7. The number of urea groups is 1. The fourth-order valence-corrected chi connectivity index (χ4v) is 2.43. The van der Waals surface area contributed by atoms with E-state index in [4.69, 9.17) is 0 Å². The monoisotopic (exact) mass is 354 g/mol. The number of carbonyl (C=O) groups is 2. The second kappa shape index (κ2) is 18.8. The maximum absolute atomic E-state index is 11.4. The molecule has 146 valence electrons. The molecule has 0 spiro atoms. The molecule has 5 nitrogen and oxygen atoms in total. The quantitative estimate of drug-likeness (QED) is 0.239. The lowest BCUT2D eigenvalue weighted by Gasteiger charge is -2.06. The molecule has 0 heterocycles. The van der Waals surface area contributed by atoms with Gasteiger partial charge in [0.2, 0.25) is 0 Å². The van der Waals surface area contributed by atoms with Gasteiger partial charge in [0, 0.05) is 19.5 Å². The van der Waals surface area contributed by atoms with Crippen molar-refractivity contribution < 1.29 is 14.3 Å². The summed E-state index contributed by atoms with van der Waals surface area (Å²) in [7, 11) is 1.44. The number of nitrogens with one attached hydrogen (secondary N) is 2. The molecule has 0 radical (unpaired) electrons. The van der Waals surface area contributed by atoms with Crippen molar-refractivity contribution in [3.8, 4) is 0 Å². The molecule has 0 aromatic rings. The predicted molar refractivity (Wildman–Crippen MR) is 104 cm³/mol. The minimum absolute atomic E-state index is 0.0417. The molecule has 0 aromatic heterocycles. The summed E-state index contributed by atoms with van der Waals surface area (Å²) in [5.41, 5.74) is 0. The molecule has 0 saturated heterocycles. The highest BCUT2D eigenvalue weighted by Gasteiger charge is 1.99. The van der Waals surface area contributed by atoms with Gasteiger partial charge in [0.05, 0.1) is 7.11 Å². The lowest BCUT2D eigenvalue weighted by molar-refractivity contribution is -0.140. The molecule has 0 aliphatic rings. The van der Waals surface area contributed by atoms with Gasteiger partial charge in [-0.2, -0.15) is 0 Å². The third-order valence-corrected chi connectivity index (χ3v) is 4.05. The van der Waals surface area contributed by atoms with Gasteiger partial charge in [-0.15, -0.1) is 0 Å². The van der Waals surface area contributed by atoms with Crippen LogP contribution in [0, 0.1) is 0 Å². The van der Waals surface area contributed by atoms with Crippen LogP contribution < -0.4 is 10.6 Å². The molecule has 0 fully saturated rings. The Hall–Kier alpha value is -1.52. The molecular weight excluding hydrogens is 316 g/mol. The van der Waals surface area contributed by atoms with Gasteiger partial charge in [0.1, 0.15) is 0 Å². The highest BCUT2D eigenvalue weighted by atomic mass is 16.5. The van der Waals surface area contributed by atoms with E-state index in [0.29, 0.717) is 6.42 Å². The van der Waals surface area contributed by atoms with Gasteiger partial charge in [-0.05, 0) is 44.9 Å². The van der Waals surface area contributed by atoms with Crippen molar-refractivity contribution in [1.29, 1.82) is 0 Å². The summed E-state index contributed by atoms with van der Waals surface area (Å²) in [5, 5.41) is 5.74. The number of methoxy groups -OCH3 is 1. The van der Waals surface area contributed by atoms with E-state index in [1.54, 1.807) is 0 Å². The number of allylic oxidation sites excluding steroid dienone is 2. The number of hydrogen-bond donors (Lipinski definition) is 2. The molecule has 25 heavy (non-hydrogen) atoms. The summed E-state index contributed by atoms with van der Waals surface area (Å²) < 4.78 is 4.61. The Morgan fingerprint density at radius 2 is 1.36 bits per heavy atom. The molecule has 0 aliphatic heterocycles. The summed E-state index contributed by atoms with van der Waals surface area (Å²) in [6, 6.07) is -0.0417. The van der Waals surface area contributed by atoms with Crippen molar-refractivity contribution in [3.63, 3.8) is 0 Å². The Bertz CT molecular complexity index is 357. The van der Waals surface area contributed by atoms with Crippen LogP contribution in [0.5, 0.6) is 0 Å². The summed E-state index contributed by atoms with van der Waals surface area (Å²) in [6.07, 6.45) is 17.2. The lowest BCUT2D eigenvalue weighted by Crippen LogP contribution is -2.36. The van der Waals surface area contributed by atoms with Crippen molar-refractivity contribution in [3.05, 3.63) is 12.2 Å². The van der Waals surface area contributed by atoms with E-state index in [2.05, 4.69) is 34.4 Å². The minimum Gasteiger partial charge on any atom is -0.469 e. The number of unbranched alkanes of at least 4 members (excludes halogenated alkanes) is 8. The van der Waals surface area contributed by atoms with Gasteiger partial charge in [0.15, 0.2) is 0 Å². The van der Waals surface area contributed by atoms with E-state index in [-0.39, 0.29) is 12.0 Å². The zero-order chi connectivity index (χ0) is 18.6. The number of amides is 2. The van der Waals surface area contributed by atoms with Crippen LogP contribution in [0.4, 0.5) is 4.79 Å². The van der Waals surface area contributed by atoms with Gasteiger partial charge in [0.25, 0.3) is 0 Å². The van der Waals surface area contributed by atoms with Crippen LogP contribution in [0.3, 0.4) is 0 Å².